The van der Waals surface area contributed by atoms with Gasteiger partial charge in [0.1, 0.15) is 0 Å². The predicted octanol–water partition coefficient (Wildman–Crippen LogP) is 3.61. The van der Waals surface area contributed by atoms with Crippen molar-refractivity contribution in [1.82, 2.24) is 0 Å². The van der Waals surface area contributed by atoms with E-state index < -0.39 is 11.4 Å². The standard InChI is InChI=1S/C14H19BrO4/c1-5-19-13-10(18-4)7-6-9(15)12(13)14(2,3)8-11(16)17/h6-7H,5,8H2,1-4H3,(H,16,17). The molecule has 0 amide bonds. The summed E-state index contributed by atoms with van der Waals surface area (Å²) in [6.07, 6.45) is 0.0127. The predicted molar refractivity (Wildman–Crippen MR) is 77.1 cm³/mol. The van der Waals surface area contributed by atoms with Crippen molar-refractivity contribution in [2.45, 2.75) is 32.6 Å². The average molecular weight is 331 g/mol. The summed E-state index contributed by atoms with van der Waals surface area (Å²) < 4.78 is 11.8. The molecule has 0 saturated carbocycles. The highest BCUT2D eigenvalue weighted by Gasteiger charge is 2.31. The molecule has 1 N–H and O–H groups in total. The molecule has 19 heavy (non-hydrogen) atoms. The minimum Gasteiger partial charge on any atom is -0.493 e. The first-order chi connectivity index (χ1) is 8.83. The zero-order valence-corrected chi connectivity index (χ0v) is 13.2. The lowest BCUT2D eigenvalue weighted by Crippen LogP contribution is -2.23. The van der Waals surface area contributed by atoms with Crippen LogP contribution in [0.25, 0.3) is 0 Å². The first-order valence-corrected chi connectivity index (χ1v) is 6.84. The zero-order valence-electron chi connectivity index (χ0n) is 11.6. The molecule has 0 spiro atoms. The first-order valence-electron chi connectivity index (χ1n) is 6.05. The number of benzene rings is 1. The molecule has 1 aromatic carbocycles. The largest absolute Gasteiger partial charge is 0.493 e. The monoisotopic (exact) mass is 330 g/mol. The minimum atomic E-state index is -0.845. The Labute approximate surface area is 121 Å². The summed E-state index contributed by atoms with van der Waals surface area (Å²) in [5.74, 6) is 0.367. The van der Waals surface area contributed by atoms with Crippen LogP contribution in [-0.2, 0) is 10.2 Å². The second-order valence-corrected chi connectivity index (χ2v) is 5.70. The van der Waals surface area contributed by atoms with E-state index in [-0.39, 0.29) is 6.42 Å². The van der Waals surface area contributed by atoms with Gasteiger partial charge in [-0.15, -0.1) is 0 Å². The summed E-state index contributed by atoms with van der Waals surface area (Å²) in [7, 11) is 1.57. The van der Waals surface area contributed by atoms with Gasteiger partial charge in [-0.3, -0.25) is 4.79 Å². The van der Waals surface area contributed by atoms with Crippen molar-refractivity contribution >= 4 is 21.9 Å². The highest BCUT2D eigenvalue weighted by atomic mass is 79.9. The molecule has 0 aliphatic carbocycles. The van der Waals surface area contributed by atoms with Gasteiger partial charge in [0, 0.05) is 15.5 Å². The number of ether oxygens (including phenoxy) is 2. The number of carboxylic acid groups (broad SMARTS) is 1. The number of carboxylic acids is 1. The van der Waals surface area contributed by atoms with Crippen LogP contribution in [0, 0.1) is 0 Å². The van der Waals surface area contributed by atoms with Crippen LogP contribution >= 0.6 is 15.9 Å². The van der Waals surface area contributed by atoms with Crippen molar-refractivity contribution in [1.29, 1.82) is 0 Å². The number of carbonyl (C=O) groups is 1. The lowest BCUT2D eigenvalue weighted by atomic mass is 9.81. The summed E-state index contributed by atoms with van der Waals surface area (Å²) in [6.45, 7) is 6.13. The quantitative estimate of drug-likeness (QED) is 0.865. The van der Waals surface area contributed by atoms with E-state index in [9.17, 15) is 4.79 Å². The summed E-state index contributed by atoms with van der Waals surface area (Å²) in [4.78, 5) is 11.0. The maximum atomic E-state index is 11.0. The molecule has 0 bridgehead atoms. The van der Waals surface area contributed by atoms with Crippen molar-refractivity contribution in [3.05, 3.63) is 22.2 Å². The third-order valence-electron chi connectivity index (χ3n) is 2.85. The Kier molecular flexibility index (Phi) is 5.23. The van der Waals surface area contributed by atoms with Crippen LogP contribution in [0.1, 0.15) is 32.8 Å². The second-order valence-electron chi connectivity index (χ2n) is 4.84. The van der Waals surface area contributed by atoms with Crippen molar-refractivity contribution in [3.63, 3.8) is 0 Å². The molecule has 0 unspecified atom stereocenters. The van der Waals surface area contributed by atoms with Gasteiger partial charge in [-0.25, -0.2) is 0 Å². The number of rotatable bonds is 6. The van der Waals surface area contributed by atoms with Crippen molar-refractivity contribution < 1.29 is 19.4 Å². The normalized spacial score (nSPS) is 11.2. The summed E-state index contributed by atoms with van der Waals surface area (Å²) >= 11 is 3.48. The number of hydrogen-bond acceptors (Lipinski definition) is 3. The van der Waals surface area contributed by atoms with E-state index in [2.05, 4.69) is 15.9 Å². The maximum Gasteiger partial charge on any atom is 0.304 e. The molecule has 0 fully saturated rings. The van der Waals surface area contributed by atoms with Crippen LogP contribution in [-0.4, -0.2) is 24.8 Å². The molecule has 0 radical (unpaired) electrons. The Bertz CT molecular complexity index is 469. The molecule has 1 aromatic rings. The lowest BCUT2D eigenvalue weighted by Gasteiger charge is -2.28. The van der Waals surface area contributed by atoms with E-state index in [0.29, 0.717) is 18.1 Å². The van der Waals surface area contributed by atoms with Gasteiger partial charge in [0.2, 0.25) is 0 Å². The van der Waals surface area contributed by atoms with Gasteiger partial charge in [-0.05, 0) is 19.1 Å². The number of hydrogen-bond donors (Lipinski definition) is 1. The van der Waals surface area contributed by atoms with Gasteiger partial charge in [0.25, 0.3) is 0 Å². The fourth-order valence-electron chi connectivity index (χ4n) is 2.08. The molecule has 5 heteroatoms. The van der Waals surface area contributed by atoms with Gasteiger partial charge in [-0.2, -0.15) is 0 Å². The van der Waals surface area contributed by atoms with Crippen LogP contribution in [0.3, 0.4) is 0 Å². The van der Waals surface area contributed by atoms with E-state index in [4.69, 9.17) is 14.6 Å². The fraction of sp³-hybridized carbons (Fsp3) is 0.500. The Hall–Kier alpha value is -1.23. The first kappa shape index (κ1) is 15.8. The molecular formula is C14H19BrO4. The fourth-order valence-corrected chi connectivity index (χ4v) is 2.93. The highest BCUT2D eigenvalue weighted by molar-refractivity contribution is 9.10. The molecule has 0 saturated heterocycles. The molecule has 1 rings (SSSR count). The van der Waals surface area contributed by atoms with Crippen LogP contribution in [0.4, 0.5) is 0 Å². The number of halogens is 1. The average Bonchev–Trinajstić information content (AvgIpc) is 2.27. The third kappa shape index (κ3) is 3.62. The van der Waals surface area contributed by atoms with E-state index >= 15 is 0 Å². The molecule has 0 atom stereocenters. The summed E-state index contributed by atoms with van der Waals surface area (Å²) in [6, 6.07) is 3.65. The van der Waals surface area contributed by atoms with Crippen molar-refractivity contribution in [2.24, 2.45) is 0 Å². The van der Waals surface area contributed by atoms with Gasteiger partial charge >= 0.3 is 5.97 Å². The van der Waals surface area contributed by atoms with Crippen molar-refractivity contribution in [2.75, 3.05) is 13.7 Å². The Balaban J connectivity index is 3.42. The van der Waals surface area contributed by atoms with Gasteiger partial charge < -0.3 is 14.6 Å². The van der Waals surface area contributed by atoms with Crippen molar-refractivity contribution in [3.8, 4) is 11.5 Å². The van der Waals surface area contributed by atoms with E-state index in [1.54, 1.807) is 13.2 Å². The Morgan fingerprint density at radius 2 is 2.05 bits per heavy atom. The topological polar surface area (TPSA) is 55.8 Å². The second kappa shape index (κ2) is 6.28. The smallest absolute Gasteiger partial charge is 0.304 e. The maximum absolute atomic E-state index is 11.0. The van der Waals surface area contributed by atoms with Gasteiger partial charge in [-0.1, -0.05) is 29.8 Å². The molecule has 0 aromatic heterocycles. The van der Waals surface area contributed by atoms with E-state index in [0.717, 1.165) is 10.0 Å². The Morgan fingerprint density at radius 3 is 2.53 bits per heavy atom. The molecule has 0 aliphatic rings. The molecule has 0 aliphatic heterocycles. The molecule has 106 valence electrons. The van der Waals surface area contributed by atoms with Crippen LogP contribution < -0.4 is 9.47 Å². The number of aliphatic carboxylic acids is 1. The molecular weight excluding hydrogens is 312 g/mol. The van der Waals surface area contributed by atoms with E-state index in [1.165, 1.54) is 0 Å². The number of methoxy groups -OCH3 is 1. The summed E-state index contributed by atoms with van der Waals surface area (Å²) in [5, 5.41) is 9.06. The third-order valence-corrected chi connectivity index (χ3v) is 3.51. The lowest BCUT2D eigenvalue weighted by molar-refractivity contribution is -0.138. The molecule has 0 heterocycles. The van der Waals surface area contributed by atoms with Crippen LogP contribution in [0.5, 0.6) is 11.5 Å². The van der Waals surface area contributed by atoms with Crippen LogP contribution in [0.15, 0.2) is 16.6 Å². The van der Waals surface area contributed by atoms with Crippen LogP contribution in [0.2, 0.25) is 0 Å². The highest BCUT2D eigenvalue weighted by Crippen LogP contribution is 2.44. The van der Waals surface area contributed by atoms with Gasteiger partial charge in [0.15, 0.2) is 11.5 Å². The Morgan fingerprint density at radius 1 is 1.42 bits per heavy atom. The van der Waals surface area contributed by atoms with Gasteiger partial charge in [0.05, 0.1) is 20.1 Å². The van der Waals surface area contributed by atoms with E-state index in [1.807, 2.05) is 26.8 Å². The summed E-state index contributed by atoms with van der Waals surface area (Å²) in [5.41, 5.74) is 0.250. The zero-order chi connectivity index (χ0) is 14.6. The minimum absolute atomic E-state index is 0.0127. The SMILES string of the molecule is CCOc1c(OC)ccc(Br)c1C(C)(C)CC(=O)O. The molecule has 4 nitrogen and oxygen atoms in total.